The monoisotopic (exact) mass is 424 g/mol. The molecule has 0 N–H and O–H groups in total. The highest BCUT2D eigenvalue weighted by molar-refractivity contribution is 9.10. The lowest BCUT2D eigenvalue weighted by Gasteiger charge is -2.21. The Morgan fingerprint density at radius 2 is 1.07 bits per heavy atom. The summed E-state index contributed by atoms with van der Waals surface area (Å²) in [6, 6.07) is 31.3. The van der Waals surface area contributed by atoms with Crippen LogP contribution in [-0.2, 0) is 12.8 Å². The molecule has 5 rings (SSSR count). The third kappa shape index (κ3) is 3.00. The van der Waals surface area contributed by atoms with Gasteiger partial charge in [-0.05, 0) is 76.4 Å². The highest BCUT2D eigenvalue weighted by Gasteiger charge is 2.18. The van der Waals surface area contributed by atoms with E-state index in [-0.39, 0.29) is 0 Å². The van der Waals surface area contributed by atoms with Crippen LogP contribution < -0.4 is 0 Å². The van der Waals surface area contributed by atoms with E-state index in [1.807, 2.05) is 0 Å². The summed E-state index contributed by atoms with van der Waals surface area (Å²) in [6.45, 7) is 2.18. The number of benzene rings is 4. The number of fused-ring (bicyclic) bond motifs is 7. The lowest BCUT2D eigenvalue weighted by molar-refractivity contribution is 0.963. The van der Waals surface area contributed by atoms with E-state index in [0.29, 0.717) is 0 Å². The summed E-state index contributed by atoms with van der Waals surface area (Å²) in [6.07, 6.45) is 2.09. The molecule has 1 aliphatic carbocycles. The van der Waals surface area contributed by atoms with Crippen LogP contribution in [0.15, 0.2) is 89.4 Å². The highest BCUT2D eigenvalue weighted by Crippen LogP contribution is 2.43. The topological polar surface area (TPSA) is 0 Å². The van der Waals surface area contributed by atoms with Crippen LogP contribution in [0.25, 0.3) is 33.4 Å². The van der Waals surface area contributed by atoms with Crippen molar-refractivity contribution in [3.05, 3.63) is 106 Å². The van der Waals surface area contributed by atoms with Gasteiger partial charge in [-0.2, -0.15) is 0 Å². The maximum atomic E-state index is 3.71. The Kier molecular flexibility index (Phi) is 4.41. The first kappa shape index (κ1) is 17.5. The van der Waals surface area contributed by atoms with Gasteiger partial charge in [-0.3, -0.25) is 0 Å². The quantitative estimate of drug-likeness (QED) is 0.269. The Hall–Kier alpha value is -2.64. The van der Waals surface area contributed by atoms with Gasteiger partial charge in [-0.25, -0.2) is 0 Å². The first-order chi connectivity index (χ1) is 13.7. The summed E-state index contributed by atoms with van der Waals surface area (Å²) in [4.78, 5) is 0. The minimum absolute atomic E-state index is 1.05. The van der Waals surface area contributed by atoms with E-state index in [1.165, 1.54) is 50.1 Å². The van der Waals surface area contributed by atoms with Crippen molar-refractivity contribution in [1.29, 1.82) is 0 Å². The highest BCUT2D eigenvalue weighted by atomic mass is 79.9. The fourth-order valence-electron chi connectivity index (χ4n) is 4.36. The van der Waals surface area contributed by atoms with Crippen LogP contribution in [0.2, 0.25) is 0 Å². The molecule has 1 heteroatoms. The maximum Gasteiger partial charge on any atom is 0.0181 e. The van der Waals surface area contributed by atoms with E-state index in [0.717, 1.165) is 17.3 Å². The fraction of sp³-hybridized carbons (Fsp3) is 0.111. The van der Waals surface area contributed by atoms with Gasteiger partial charge in [0.15, 0.2) is 0 Å². The van der Waals surface area contributed by atoms with Gasteiger partial charge in [0.25, 0.3) is 0 Å². The van der Waals surface area contributed by atoms with E-state index in [9.17, 15) is 0 Å². The van der Waals surface area contributed by atoms with Crippen molar-refractivity contribution in [2.24, 2.45) is 0 Å². The molecular weight excluding hydrogens is 404 g/mol. The van der Waals surface area contributed by atoms with Crippen LogP contribution in [0.4, 0.5) is 0 Å². The van der Waals surface area contributed by atoms with Crippen molar-refractivity contribution in [2.75, 3.05) is 0 Å². The van der Waals surface area contributed by atoms with Gasteiger partial charge in [0.05, 0.1) is 0 Å². The standard InChI is InChI=1S/C27H21Br/c1-18-10-14-24-22-8-4-2-6-19(22)11-12-20-7-3-5-9-23(20)25-15-13-21(28)17-27(25)26(24)16-18/h2-10,13-17H,11-12H2,1H3. The molecule has 0 heterocycles. The molecule has 0 saturated carbocycles. The lowest BCUT2D eigenvalue weighted by Crippen LogP contribution is -2.01. The first-order valence-electron chi connectivity index (χ1n) is 9.78. The van der Waals surface area contributed by atoms with Crippen molar-refractivity contribution in [1.82, 2.24) is 0 Å². The molecule has 0 saturated heterocycles. The zero-order valence-electron chi connectivity index (χ0n) is 15.9. The molecule has 136 valence electrons. The second-order valence-electron chi connectivity index (χ2n) is 7.55. The molecule has 0 unspecified atom stereocenters. The molecule has 0 fully saturated rings. The van der Waals surface area contributed by atoms with Crippen LogP contribution >= 0.6 is 15.9 Å². The van der Waals surface area contributed by atoms with Gasteiger partial charge in [-0.1, -0.05) is 94.3 Å². The molecule has 4 aromatic rings. The minimum atomic E-state index is 1.05. The van der Waals surface area contributed by atoms with E-state index >= 15 is 0 Å². The normalized spacial score (nSPS) is 12.4. The van der Waals surface area contributed by atoms with Gasteiger partial charge in [0, 0.05) is 4.47 Å². The average molecular weight is 425 g/mol. The summed E-state index contributed by atoms with van der Waals surface area (Å²) >= 11 is 3.71. The van der Waals surface area contributed by atoms with Crippen molar-refractivity contribution >= 4 is 15.9 Å². The smallest absolute Gasteiger partial charge is 0.0181 e. The predicted octanol–water partition coefficient (Wildman–Crippen LogP) is 7.86. The number of hydrogen-bond acceptors (Lipinski definition) is 0. The Bertz CT molecular complexity index is 1090. The van der Waals surface area contributed by atoms with E-state index in [1.54, 1.807) is 0 Å². The Morgan fingerprint density at radius 1 is 0.536 bits per heavy atom. The van der Waals surface area contributed by atoms with Crippen LogP contribution in [0, 0.1) is 6.92 Å². The molecule has 4 aromatic carbocycles. The first-order valence-corrected chi connectivity index (χ1v) is 10.6. The van der Waals surface area contributed by atoms with Crippen LogP contribution in [0.3, 0.4) is 0 Å². The maximum absolute atomic E-state index is 3.71. The van der Waals surface area contributed by atoms with Crippen molar-refractivity contribution in [3.63, 3.8) is 0 Å². The molecule has 0 aliphatic heterocycles. The van der Waals surface area contributed by atoms with Crippen LogP contribution in [-0.4, -0.2) is 0 Å². The van der Waals surface area contributed by atoms with Crippen molar-refractivity contribution in [3.8, 4) is 33.4 Å². The lowest BCUT2D eigenvalue weighted by atomic mass is 9.83. The molecule has 0 radical (unpaired) electrons. The molecule has 0 spiro atoms. The molecule has 0 atom stereocenters. The van der Waals surface area contributed by atoms with E-state index in [2.05, 4.69) is 108 Å². The minimum Gasteiger partial charge on any atom is -0.0620 e. The summed E-state index contributed by atoms with van der Waals surface area (Å²) in [7, 11) is 0. The zero-order valence-corrected chi connectivity index (χ0v) is 17.5. The summed E-state index contributed by atoms with van der Waals surface area (Å²) in [5.74, 6) is 0. The number of aryl methyl sites for hydroxylation is 3. The third-order valence-electron chi connectivity index (χ3n) is 5.73. The van der Waals surface area contributed by atoms with Crippen molar-refractivity contribution < 1.29 is 0 Å². The van der Waals surface area contributed by atoms with Gasteiger partial charge >= 0.3 is 0 Å². The SMILES string of the molecule is Cc1ccc2c(c1)-c1cc(Br)ccc1-c1ccccc1CCc1ccccc1-2. The van der Waals surface area contributed by atoms with Crippen LogP contribution in [0.5, 0.6) is 0 Å². The second-order valence-corrected chi connectivity index (χ2v) is 8.47. The Morgan fingerprint density at radius 3 is 1.71 bits per heavy atom. The molecular formula is C27H21Br. The molecule has 0 amide bonds. The second kappa shape index (κ2) is 7.07. The number of hydrogen-bond donors (Lipinski definition) is 0. The van der Waals surface area contributed by atoms with E-state index < -0.39 is 0 Å². The van der Waals surface area contributed by atoms with Gasteiger partial charge in [0.2, 0.25) is 0 Å². The number of halogens is 1. The summed E-state index contributed by atoms with van der Waals surface area (Å²) < 4.78 is 1.11. The molecule has 0 aromatic heterocycles. The largest absolute Gasteiger partial charge is 0.0620 e. The van der Waals surface area contributed by atoms with Gasteiger partial charge < -0.3 is 0 Å². The average Bonchev–Trinajstić information content (AvgIpc) is 2.72. The zero-order chi connectivity index (χ0) is 19.1. The van der Waals surface area contributed by atoms with Crippen LogP contribution in [0.1, 0.15) is 16.7 Å². The Labute approximate surface area is 175 Å². The van der Waals surface area contributed by atoms with Gasteiger partial charge in [-0.15, -0.1) is 0 Å². The van der Waals surface area contributed by atoms with Crippen molar-refractivity contribution in [2.45, 2.75) is 19.8 Å². The molecule has 0 nitrogen and oxygen atoms in total. The number of rotatable bonds is 0. The predicted molar refractivity (Wildman–Crippen MR) is 123 cm³/mol. The molecule has 0 bridgehead atoms. The summed E-state index contributed by atoms with van der Waals surface area (Å²) in [5.41, 5.74) is 12.0. The summed E-state index contributed by atoms with van der Waals surface area (Å²) in [5, 5.41) is 0. The molecule has 1 aliphatic rings. The Balaban J connectivity index is 1.92. The van der Waals surface area contributed by atoms with Gasteiger partial charge in [0.1, 0.15) is 0 Å². The van der Waals surface area contributed by atoms with E-state index in [4.69, 9.17) is 0 Å². The fourth-order valence-corrected chi connectivity index (χ4v) is 4.72. The third-order valence-corrected chi connectivity index (χ3v) is 6.22. The molecule has 28 heavy (non-hydrogen) atoms.